The van der Waals surface area contributed by atoms with Crippen molar-refractivity contribution in [2.45, 2.75) is 0 Å². The molecule has 1 aromatic heterocycles. The second-order valence-electron chi connectivity index (χ2n) is 2.76. The van der Waals surface area contributed by atoms with Crippen LogP contribution in [0.3, 0.4) is 0 Å². The monoisotopic (exact) mass is 174 g/mol. The highest BCUT2D eigenvalue weighted by molar-refractivity contribution is 5.97. The Morgan fingerprint density at radius 1 is 1.31 bits per heavy atom. The van der Waals surface area contributed by atoms with Crippen molar-refractivity contribution >= 4 is 17.2 Å². The van der Waals surface area contributed by atoms with E-state index in [4.69, 9.17) is 5.84 Å². The molecular weight excluding hydrogens is 168 g/mol. The van der Waals surface area contributed by atoms with Crippen LogP contribution in [-0.4, -0.2) is 21.3 Å². The summed E-state index contributed by atoms with van der Waals surface area (Å²) in [5, 5.41) is 12.9. The van der Waals surface area contributed by atoms with E-state index in [1.807, 2.05) is 18.2 Å². The lowest BCUT2D eigenvalue weighted by Gasteiger charge is -2.15. The van der Waals surface area contributed by atoms with E-state index in [0.717, 1.165) is 21.8 Å². The van der Waals surface area contributed by atoms with Crippen LogP contribution in [0.25, 0.3) is 11.0 Å². The van der Waals surface area contributed by atoms with Crippen LogP contribution in [0.2, 0.25) is 0 Å². The Kier molecular flexibility index (Phi) is 1.03. The largest absolute Gasteiger partial charge is 0.209 e. The molecule has 0 saturated heterocycles. The van der Waals surface area contributed by atoms with Gasteiger partial charge in [-0.2, -0.15) is 0 Å². The van der Waals surface area contributed by atoms with Gasteiger partial charge >= 0.3 is 0 Å². The Morgan fingerprint density at radius 2 is 2.23 bits per heavy atom. The van der Waals surface area contributed by atoms with E-state index in [1.54, 1.807) is 6.21 Å². The Balaban J connectivity index is 2.51. The fourth-order valence-corrected chi connectivity index (χ4v) is 1.40. The molecule has 0 spiro atoms. The number of benzene rings is 1. The summed E-state index contributed by atoms with van der Waals surface area (Å²) in [4.78, 5) is 1.46. The molecule has 1 aliphatic rings. The van der Waals surface area contributed by atoms with E-state index in [0.29, 0.717) is 0 Å². The highest BCUT2D eigenvalue weighted by atomic mass is 15.9. The SMILES string of the molecule is NN1N=Cc2cccc3nnn1c23. The predicted octanol–water partition coefficient (Wildman–Crippen LogP) is -0.410. The maximum atomic E-state index is 5.55. The lowest BCUT2D eigenvalue weighted by atomic mass is 10.2. The number of hydrazine groups is 1. The van der Waals surface area contributed by atoms with E-state index in [9.17, 15) is 0 Å². The van der Waals surface area contributed by atoms with Crippen molar-refractivity contribution in [1.29, 1.82) is 0 Å². The van der Waals surface area contributed by atoms with Gasteiger partial charge in [-0.25, -0.2) is 5.84 Å². The molecule has 0 unspecified atom stereocenters. The third kappa shape index (κ3) is 0.721. The van der Waals surface area contributed by atoms with Crippen molar-refractivity contribution in [2.75, 3.05) is 5.23 Å². The summed E-state index contributed by atoms with van der Waals surface area (Å²) in [6, 6.07) is 5.74. The van der Waals surface area contributed by atoms with Gasteiger partial charge in [-0.3, -0.25) is 0 Å². The Labute approximate surface area is 73.2 Å². The van der Waals surface area contributed by atoms with Crippen molar-refractivity contribution in [3.63, 3.8) is 0 Å². The first-order chi connectivity index (χ1) is 6.36. The molecule has 0 atom stereocenters. The summed E-state index contributed by atoms with van der Waals surface area (Å²) in [6.07, 6.45) is 1.69. The summed E-state index contributed by atoms with van der Waals surface area (Å²) >= 11 is 0. The summed E-state index contributed by atoms with van der Waals surface area (Å²) in [5.41, 5.74) is 2.68. The van der Waals surface area contributed by atoms with Gasteiger partial charge in [0.15, 0.2) is 0 Å². The van der Waals surface area contributed by atoms with Crippen molar-refractivity contribution in [3.05, 3.63) is 23.8 Å². The van der Waals surface area contributed by atoms with Gasteiger partial charge < -0.3 is 0 Å². The number of nitrogens with zero attached hydrogens (tertiary/aromatic N) is 5. The van der Waals surface area contributed by atoms with Crippen LogP contribution < -0.4 is 11.1 Å². The molecule has 2 heterocycles. The molecule has 6 nitrogen and oxygen atoms in total. The van der Waals surface area contributed by atoms with Crippen LogP contribution in [0.1, 0.15) is 5.56 Å². The van der Waals surface area contributed by atoms with Crippen LogP contribution >= 0.6 is 0 Å². The van der Waals surface area contributed by atoms with E-state index in [1.165, 1.54) is 4.79 Å². The molecule has 1 aromatic carbocycles. The zero-order valence-electron chi connectivity index (χ0n) is 6.62. The normalized spacial score (nSPS) is 14.1. The highest BCUT2D eigenvalue weighted by Crippen LogP contribution is 2.16. The van der Waals surface area contributed by atoms with Gasteiger partial charge in [0.05, 0.1) is 6.21 Å². The summed E-state index contributed by atoms with van der Waals surface area (Å²) < 4.78 is 0. The fraction of sp³-hybridized carbons (Fsp3) is 0. The lowest BCUT2D eigenvalue weighted by molar-refractivity contribution is 0.557. The average Bonchev–Trinajstić information content (AvgIpc) is 2.57. The van der Waals surface area contributed by atoms with Crippen molar-refractivity contribution in [2.24, 2.45) is 10.9 Å². The summed E-state index contributed by atoms with van der Waals surface area (Å²) in [7, 11) is 0. The molecular formula is C7H6N6. The Bertz CT molecular complexity index is 499. The number of hydrazone groups is 1. The molecule has 2 N–H and O–H groups in total. The molecule has 0 aliphatic carbocycles. The van der Waals surface area contributed by atoms with Gasteiger partial charge in [0.25, 0.3) is 0 Å². The molecule has 0 radical (unpaired) electrons. The van der Waals surface area contributed by atoms with Gasteiger partial charge in [-0.1, -0.05) is 12.1 Å². The second-order valence-corrected chi connectivity index (χ2v) is 2.76. The smallest absolute Gasteiger partial charge is 0.125 e. The molecule has 1 aliphatic heterocycles. The molecule has 0 saturated carbocycles. The van der Waals surface area contributed by atoms with E-state index < -0.39 is 0 Å². The molecule has 64 valence electrons. The van der Waals surface area contributed by atoms with Crippen LogP contribution in [0, 0.1) is 0 Å². The third-order valence-electron chi connectivity index (χ3n) is 1.99. The second kappa shape index (κ2) is 2.05. The minimum Gasteiger partial charge on any atom is -0.209 e. The average molecular weight is 174 g/mol. The topological polar surface area (TPSA) is 72.3 Å². The maximum absolute atomic E-state index is 5.55. The number of hydrogen-bond acceptors (Lipinski definition) is 5. The molecule has 0 fully saturated rings. The lowest BCUT2D eigenvalue weighted by Crippen LogP contribution is -2.39. The van der Waals surface area contributed by atoms with Gasteiger partial charge in [-0.15, -0.1) is 20.2 Å². The molecule has 0 amide bonds. The van der Waals surface area contributed by atoms with Crippen molar-refractivity contribution in [3.8, 4) is 0 Å². The zero-order valence-corrected chi connectivity index (χ0v) is 6.62. The first-order valence-corrected chi connectivity index (χ1v) is 3.80. The van der Waals surface area contributed by atoms with Crippen LogP contribution in [0.5, 0.6) is 0 Å². The third-order valence-corrected chi connectivity index (χ3v) is 1.99. The van der Waals surface area contributed by atoms with Crippen molar-refractivity contribution in [1.82, 2.24) is 15.1 Å². The van der Waals surface area contributed by atoms with Gasteiger partial charge in [0, 0.05) is 5.56 Å². The number of para-hydroxylation sites is 1. The summed E-state index contributed by atoms with van der Waals surface area (Å²) in [5.74, 6) is 5.55. The van der Waals surface area contributed by atoms with E-state index in [2.05, 4.69) is 15.4 Å². The van der Waals surface area contributed by atoms with E-state index in [-0.39, 0.29) is 0 Å². The van der Waals surface area contributed by atoms with Gasteiger partial charge in [0.2, 0.25) is 0 Å². The Hall–Kier alpha value is -1.95. The van der Waals surface area contributed by atoms with E-state index >= 15 is 0 Å². The maximum Gasteiger partial charge on any atom is 0.125 e. The van der Waals surface area contributed by atoms with Crippen LogP contribution in [-0.2, 0) is 0 Å². The highest BCUT2D eigenvalue weighted by Gasteiger charge is 2.14. The molecule has 13 heavy (non-hydrogen) atoms. The number of hydrogen-bond donors (Lipinski definition) is 1. The first-order valence-electron chi connectivity index (χ1n) is 3.80. The van der Waals surface area contributed by atoms with Crippen LogP contribution in [0.15, 0.2) is 23.3 Å². The van der Waals surface area contributed by atoms with Crippen LogP contribution in [0.4, 0.5) is 0 Å². The van der Waals surface area contributed by atoms with Gasteiger partial charge in [-0.05, 0) is 11.3 Å². The number of aromatic nitrogens is 3. The van der Waals surface area contributed by atoms with Gasteiger partial charge in [0.1, 0.15) is 11.0 Å². The zero-order chi connectivity index (χ0) is 8.84. The molecule has 3 rings (SSSR count). The first kappa shape index (κ1) is 6.55. The standard InChI is InChI=1S/C7H6N6/c8-13-9-4-5-2-1-3-6-7(5)12(13)11-10-6/h1-4H,8H2. The minimum atomic E-state index is 0.819. The Morgan fingerprint density at radius 3 is 3.15 bits per heavy atom. The predicted molar refractivity (Wildman–Crippen MR) is 47.5 cm³/mol. The minimum absolute atomic E-state index is 0.819. The fourth-order valence-electron chi connectivity index (χ4n) is 1.40. The quantitative estimate of drug-likeness (QED) is 0.551. The molecule has 6 heteroatoms. The van der Waals surface area contributed by atoms with Crippen molar-refractivity contribution < 1.29 is 0 Å². The number of rotatable bonds is 0. The summed E-state index contributed by atoms with van der Waals surface area (Å²) in [6.45, 7) is 0. The number of nitrogens with two attached hydrogens (primary N) is 1. The molecule has 2 aromatic rings. The molecule has 0 bridgehead atoms.